The molecule has 1 N–H and O–H groups in total. The van der Waals surface area contributed by atoms with Gasteiger partial charge in [0.25, 0.3) is 0 Å². The van der Waals surface area contributed by atoms with Gasteiger partial charge in [-0.05, 0) is 52.9 Å². The second-order valence-corrected chi connectivity index (χ2v) is 7.81. The molecule has 0 aliphatic heterocycles. The Bertz CT molecular complexity index is 975. The maximum absolute atomic E-state index is 4.67. The first-order chi connectivity index (χ1) is 13.8. The molecule has 0 radical (unpaired) electrons. The number of nitrogens with one attached hydrogen (secondary N) is 1. The van der Waals surface area contributed by atoms with Crippen molar-refractivity contribution in [3.63, 3.8) is 0 Å². The van der Waals surface area contributed by atoms with E-state index in [1.165, 1.54) is 22.4 Å². The maximum atomic E-state index is 4.67. The zero-order chi connectivity index (χ0) is 19.2. The van der Waals surface area contributed by atoms with E-state index in [2.05, 4.69) is 80.0 Å². The fourth-order valence-electron chi connectivity index (χ4n) is 3.26. The van der Waals surface area contributed by atoms with Crippen LogP contribution in [0.15, 0.2) is 78.0 Å². The third-order valence-corrected chi connectivity index (χ3v) is 5.57. The lowest BCUT2D eigenvalue weighted by molar-refractivity contribution is 0.505. The predicted molar refractivity (Wildman–Crippen MR) is 114 cm³/mol. The Kier molecular flexibility index (Phi) is 5.95. The van der Waals surface area contributed by atoms with Crippen molar-refractivity contribution in [2.75, 3.05) is 0 Å². The van der Waals surface area contributed by atoms with Crippen molar-refractivity contribution in [2.45, 2.75) is 32.5 Å². The fourth-order valence-corrected chi connectivity index (χ4v) is 3.94. The lowest BCUT2D eigenvalue weighted by Gasteiger charge is -2.19. The van der Waals surface area contributed by atoms with E-state index < -0.39 is 0 Å². The molecule has 0 saturated heterocycles. The first kappa shape index (κ1) is 18.6. The van der Waals surface area contributed by atoms with Gasteiger partial charge in [0.05, 0.1) is 23.8 Å². The van der Waals surface area contributed by atoms with E-state index >= 15 is 0 Å². The number of pyridine rings is 1. The monoisotopic (exact) mass is 388 g/mol. The molecule has 28 heavy (non-hydrogen) atoms. The average molecular weight is 389 g/mol. The van der Waals surface area contributed by atoms with Crippen molar-refractivity contribution in [2.24, 2.45) is 0 Å². The summed E-state index contributed by atoms with van der Waals surface area (Å²) in [5.74, 6) is 0. The third-order valence-electron chi connectivity index (χ3n) is 4.84. The van der Waals surface area contributed by atoms with Crippen LogP contribution in [0.2, 0.25) is 0 Å². The maximum Gasteiger partial charge on any atom is 0.0951 e. The number of benzene rings is 1. The predicted octanol–water partition coefficient (Wildman–Crippen LogP) is 4.77. The molecule has 5 heteroatoms. The summed E-state index contributed by atoms with van der Waals surface area (Å²) in [7, 11) is 0. The molecule has 0 spiro atoms. The van der Waals surface area contributed by atoms with E-state index in [-0.39, 0.29) is 6.04 Å². The molecule has 0 fully saturated rings. The van der Waals surface area contributed by atoms with Crippen molar-refractivity contribution in [1.29, 1.82) is 0 Å². The van der Waals surface area contributed by atoms with Crippen molar-refractivity contribution < 1.29 is 0 Å². The first-order valence-electron chi connectivity index (χ1n) is 9.48. The summed E-state index contributed by atoms with van der Waals surface area (Å²) in [6.07, 6.45) is 6.71. The van der Waals surface area contributed by atoms with Crippen LogP contribution in [-0.4, -0.2) is 14.5 Å². The van der Waals surface area contributed by atoms with Crippen molar-refractivity contribution in [3.8, 4) is 0 Å². The molecule has 1 atom stereocenters. The van der Waals surface area contributed by atoms with Crippen LogP contribution in [0.3, 0.4) is 0 Å². The average Bonchev–Trinajstić information content (AvgIpc) is 3.39. The van der Waals surface area contributed by atoms with E-state index in [4.69, 9.17) is 0 Å². The Balaban J connectivity index is 1.48. The number of aromatic nitrogens is 3. The van der Waals surface area contributed by atoms with Crippen LogP contribution in [0, 0.1) is 6.92 Å². The second kappa shape index (κ2) is 8.95. The summed E-state index contributed by atoms with van der Waals surface area (Å²) in [5.41, 5.74) is 6.04. The van der Waals surface area contributed by atoms with Crippen molar-refractivity contribution >= 4 is 11.3 Å². The van der Waals surface area contributed by atoms with Gasteiger partial charge in [-0.3, -0.25) is 4.98 Å². The topological polar surface area (TPSA) is 42.7 Å². The molecule has 0 bridgehead atoms. The number of hydrogen-bond acceptors (Lipinski definition) is 4. The van der Waals surface area contributed by atoms with Gasteiger partial charge in [-0.15, -0.1) is 0 Å². The summed E-state index contributed by atoms with van der Waals surface area (Å²) in [6, 6.07) is 17.1. The van der Waals surface area contributed by atoms with Crippen LogP contribution in [0.4, 0.5) is 0 Å². The highest BCUT2D eigenvalue weighted by Gasteiger charge is 2.15. The number of rotatable bonds is 8. The Morgan fingerprint density at radius 3 is 2.68 bits per heavy atom. The zero-order valence-corrected chi connectivity index (χ0v) is 16.8. The molecule has 0 unspecified atom stereocenters. The summed E-state index contributed by atoms with van der Waals surface area (Å²) in [4.78, 5) is 9.03. The van der Waals surface area contributed by atoms with E-state index in [1.807, 2.05) is 24.8 Å². The second-order valence-electron chi connectivity index (χ2n) is 7.03. The van der Waals surface area contributed by atoms with Crippen LogP contribution in [0.25, 0.3) is 0 Å². The minimum Gasteiger partial charge on any atom is -0.329 e. The van der Waals surface area contributed by atoms with E-state index in [0.29, 0.717) is 0 Å². The Morgan fingerprint density at radius 1 is 1.04 bits per heavy atom. The minimum absolute atomic E-state index is 0.162. The van der Waals surface area contributed by atoms with E-state index in [9.17, 15) is 0 Å². The highest BCUT2D eigenvalue weighted by atomic mass is 32.1. The van der Waals surface area contributed by atoms with Gasteiger partial charge in [-0.2, -0.15) is 11.3 Å². The molecule has 142 valence electrons. The summed E-state index contributed by atoms with van der Waals surface area (Å²) >= 11 is 1.74. The molecule has 0 amide bonds. The Hall–Kier alpha value is -2.76. The molecular weight excluding hydrogens is 364 g/mol. The lowest BCUT2D eigenvalue weighted by atomic mass is 10.0. The molecule has 4 rings (SSSR count). The summed E-state index contributed by atoms with van der Waals surface area (Å²) in [5, 5.41) is 8.04. The quantitative estimate of drug-likeness (QED) is 0.473. The molecule has 3 aromatic heterocycles. The SMILES string of the molecule is Cc1ccc([C@@H](Cc2ccsc2)NCc2cncn2Cc2ccccc2)nc1. The number of nitrogens with zero attached hydrogens (tertiary/aromatic N) is 3. The molecule has 1 aromatic carbocycles. The van der Waals surface area contributed by atoms with Crippen LogP contribution in [-0.2, 0) is 19.5 Å². The minimum atomic E-state index is 0.162. The summed E-state index contributed by atoms with van der Waals surface area (Å²) < 4.78 is 2.20. The van der Waals surface area contributed by atoms with Crippen LogP contribution < -0.4 is 5.32 Å². The number of imidazole rings is 1. The third kappa shape index (κ3) is 4.74. The normalized spacial score (nSPS) is 12.2. The van der Waals surface area contributed by atoms with Crippen LogP contribution in [0.1, 0.15) is 34.1 Å². The van der Waals surface area contributed by atoms with Gasteiger partial charge in [0.1, 0.15) is 0 Å². The van der Waals surface area contributed by atoms with Gasteiger partial charge >= 0.3 is 0 Å². The molecule has 0 aliphatic rings. The Morgan fingerprint density at radius 2 is 1.93 bits per heavy atom. The number of aryl methyl sites for hydroxylation is 1. The van der Waals surface area contributed by atoms with Gasteiger partial charge in [0.15, 0.2) is 0 Å². The fraction of sp³-hybridized carbons (Fsp3) is 0.217. The van der Waals surface area contributed by atoms with Crippen molar-refractivity contribution in [3.05, 3.63) is 106 Å². The molecular formula is C23H24N4S. The van der Waals surface area contributed by atoms with E-state index in [0.717, 1.165) is 25.2 Å². The highest BCUT2D eigenvalue weighted by Crippen LogP contribution is 2.20. The first-order valence-corrected chi connectivity index (χ1v) is 10.4. The van der Waals surface area contributed by atoms with Gasteiger partial charge in [0, 0.05) is 25.5 Å². The van der Waals surface area contributed by atoms with Gasteiger partial charge in [0.2, 0.25) is 0 Å². The Labute approximate surface area is 169 Å². The highest BCUT2D eigenvalue weighted by molar-refractivity contribution is 7.07. The van der Waals surface area contributed by atoms with Crippen molar-refractivity contribution in [1.82, 2.24) is 19.9 Å². The molecule has 3 heterocycles. The van der Waals surface area contributed by atoms with E-state index in [1.54, 1.807) is 11.3 Å². The number of hydrogen-bond donors (Lipinski definition) is 1. The standard InChI is InChI=1S/C23H24N4S/c1-18-7-8-22(25-12-18)23(11-20-9-10-28-16-20)26-14-21-13-24-17-27(21)15-19-5-3-2-4-6-19/h2-10,12-13,16-17,23,26H,11,14-15H2,1H3/t23-/m1/s1. The number of thiophene rings is 1. The molecule has 4 aromatic rings. The van der Waals surface area contributed by atoms with Crippen LogP contribution >= 0.6 is 11.3 Å². The van der Waals surface area contributed by atoms with Gasteiger partial charge in [-0.1, -0.05) is 36.4 Å². The smallest absolute Gasteiger partial charge is 0.0951 e. The lowest BCUT2D eigenvalue weighted by Crippen LogP contribution is -2.25. The van der Waals surface area contributed by atoms with Gasteiger partial charge < -0.3 is 9.88 Å². The van der Waals surface area contributed by atoms with Crippen LogP contribution in [0.5, 0.6) is 0 Å². The molecule has 0 saturated carbocycles. The molecule has 4 nitrogen and oxygen atoms in total. The zero-order valence-electron chi connectivity index (χ0n) is 16.0. The molecule has 0 aliphatic carbocycles. The summed E-state index contributed by atoms with van der Waals surface area (Å²) in [6.45, 7) is 3.65. The largest absolute Gasteiger partial charge is 0.329 e. The van der Waals surface area contributed by atoms with Gasteiger partial charge in [-0.25, -0.2) is 4.98 Å².